The van der Waals surface area contributed by atoms with E-state index in [2.05, 4.69) is 5.32 Å². The van der Waals surface area contributed by atoms with E-state index < -0.39 is 4.92 Å². The molecule has 26 heavy (non-hydrogen) atoms. The second-order valence-corrected chi connectivity index (χ2v) is 6.17. The summed E-state index contributed by atoms with van der Waals surface area (Å²) in [5.41, 5.74) is 3.84. The number of aromatic hydroxyl groups is 1. The molecule has 0 bridgehead atoms. The van der Waals surface area contributed by atoms with Crippen LogP contribution in [0.2, 0.25) is 0 Å². The minimum absolute atomic E-state index is 0.000264. The van der Waals surface area contributed by atoms with Crippen molar-refractivity contribution in [2.75, 3.05) is 0 Å². The lowest BCUT2D eigenvalue weighted by molar-refractivity contribution is -0.384. The molecule has 0 unspecified atom stereocenters. The molecule has 0 saturated carbocycles. The molecule has 0 saturated heterocycles. The smallest absolute Gasteiger partial charge is 0.270 e. The fourth-order valence-corrected chi connectivity index (χ4v) is 2.78. The standard InChI is InChI=1S/C19H18N2O5/c1-11-3-5-16-14(10-26-19(16)12(11)2)8-18(23)20-9-13-7-15(21(24)25)4-6-17(13)22/h3-7,10,22H,8-9H2,1-2H3,(H,20,23). The number of nitro groups is 1. The molecule has 0 aliphatic heterocycles. The first-order chi connectivity index (χ1) is 12.4. The molecular weight excluding hydrogens is 336 g/mol. The first-order valence-electron chi connectivity index (χ1n) is 8.06. The summed E-state index contributed by atoms with van der Waals surface area (Å²) in [6.45, 7) is 3.96. The van der Waals surface area contributed by atoms with Gasteiger partial charge in [0.2, 0.25) is 5.91 Å². The first-order valence-corrected chi connectivity index (χ1v) is 8.06. The van der Waals surface area contributed by atoms with Crippen molar-refractivity contribution in [2.24, 2.45) is 0 Å². The highest BCUT2D eigenvalue weighted by Crippen LogP contribution is 2.27. The van der Waals surface area contributed by atoms with E-state index in [1.165, 1.54) is 18.2 Å². The summed E-state index contributed by atoms with van der Waals surface area (Å²) in [7, 11) is 0. The van der Waals surface area contributed by atoms with Crippen LogP contribution in [-0.4, -0.2) is 15.9 Å². The number of nitro benzene ring substituents is 1. The van der Waals surface area contributed by atoms with Gasteiger partial charge in [0.15, 0.2) is 0 Å². The van der Waals surface area contributed by atoms with Crippen LogP contribution in [0, 0.1) is 24.0 Å². The van der Waals surface area contributed by atoms with E-state index in [9.17, 15) is 20.0 Å². The number of phenolic OH excluding ortho intramolecular Hbond substituents is 1. The van der Waals surface area contributed by atoms with E-state index in [4.69, 9.17) is 4.42 Å². The number of fused-ring (bicyclic) bond motifs is 1. The number of carbonyl (C=O) groups excluding carboxylic acids is 1. The number of hydrogen-bond donors (Lipinski definition) is 2. The van der Waals surface area contributed by atoms with Crippen molar-refractivity contribution in [1.29, 1.82) is 0 Å². The maximum absolute atomic E-state index is 12.2. The minimum Gasteiger partial charge on any atom is -0.508 e. The Balaban J connectivity index is 1.71. The predicted molar refractivity (Wildman–Crippen MR) is 96.0 cm³/mol. The normalized spacial score (nSPS) is 10.8. The number of nitrogens with one attached hydrogen (secondary N) is 1. The first kappa shape index (κ1) is 17.5. The predicted octanol–water partition coefficient (Wildman–Crippen LogP) is 3.52. The van der Waals surface area contributed by atoms with Crippen LogP contribution in [0.25, 0.3) is 11.0 Å². The highest BCUT2D eigenvalue weighted by molar-refractivity contribution is 5.89. The number of amides is 1. The summed E-state index contributed by atoms with van der Waals surface area (Å²) in [6, 6.07) is 7.61. The van der Waals surface area contributed by atoms with Gasteiger partial charge in [0, 0.05) is 35.2 Å². The second-order valence-electron chi connectivity index (χ2n) is 6.17. The molecule has 2 N–H and O–H groups in total. The topological polar surface area (TPSA) is 106 Å². The number of phenols is 1. The summed E-state index contributed by atoms with van der Waals surface area (Å²) >= 11 is 0. The third-order valence-electron chi connectivity index (χ3n) is 4.44. The van der Waals surface area contributed by atoms with Gasteiger partial charge in [-0.15, -0.1) is 0 Å². The van der Waals surface area contributed by atoms with Crippen molar-refractivity contribution in [3.05, 3.63) is 69.0 Å². The fraction of sp³-hybridized carbons (Fsp3) is 0.211. The highest BCUT2D eigenvalue weighted by atomic mass is 16.6. The molecule has 0 radical (unpaired) electrons. The molecule has 1 heterocycles. The number of benzene rings is 2. The Morgan fingerprint density at radius 1 is 1.23 bits per heavy atom. The van der Waals surface area contributed by atoms with Crippen LogP contribution in [0.15, 0.2) is 41.0 Å². The van der Waals surface area contributed by atoms with E-state index in [1.54, 1.807) is 6.26 Å². The van der Waals surface area contributed by atoms with Gasteiger partial charge in [-0.3, -0.25) is 14.9 Å². The molecule has 0 fully saturated rings. The fourth-order valence-electron chi connectivity index (χ4n) is 2.78. The van der Waals surface area contributed by atoms with Gasteiger partial charge in [-0.1, -0.05) is 12.1 Å². The van der Waals surface area contributed by atoms with Crippen molar-refractivity contribution in [3.8, 4) is 5.75 Å². The molecule has 3 rings (SSSR count). The van der Waals surface area contributed by atoms with Gasteiger partial charge < -0.3 is 14.8 Å². The summed E-state index contributed by atoms with van der Waals surface area (Å²) in [6.07, 6.45) is 1.69. The number of non-ortho nitro benzene ring substituents is 1. The molecule has 0 spiro atoms. The molecule has 1 aromatic heterocycles. The van der Waals surface area contributed by atoms with Crippen molar-refractivity contribution < 1.29 is 19.2 Å². The van der Waals surface area contributed by atoms with Crippen molar-refractivity contribution >= 4 is 22.6 Å². The largest absolute Gasteiger partial charge is 0.508 e. The van der Waals surface area contributed by atoms with Crippen LogP contribution in [0.1, 0.15) is 22.3 Å². The molecule has 3 aromatic rings. The summed E-state index contributed by atoms with van der Waals surface area (Å²) in [4.78, 5) is 22.5. The van der Waals surface area contributed by atoms with E-state index in [0.717, 1.165) is 27.7 Å². The van der Waals surface area contributed by atoms with Gasteiger partial charge in [0.05, 0.1) is 17.6 Å². The van der Waals surface area contributed by atoms with Crippen LogP contribution in [0.3, 0.4) is 0 Å². The summed E-state index contributed by atoms with van der Waals surface area (Å²) < 4.78 is 5.59. The number of furan rings is 1. The Kier molecular flexibility index (Phi) is 4.62. The lowest BCUT2D eigenvalue weighted by atomic mass is 10.0. The van der Waals surface area contributed by atoms with Gasteiger partial charge in [-0.2, -0.15) is 0 Å². The Labute approximate surface area is 149 Å². The second kappa shape index (κ2) is 6.87. The lowest BCUT2D eigenvalue weighted by Gasteiger charge is -2.07. The average molecular weight is 354 g/mol. The quantitative estimate of drug-likeness (QED) is 0.539. The van der Waals surface area contributed by atoms with Crippen LogP contribution in [-0.2, 0) is 17.8 Å². The van der Waals surface area contributed by atoms with Gasteiger partial charge >= 0.3 is 0 Å². The average Bonchev–Trinajstić information content (AvgIpc) is 3.00. The van der Waals surface area contributed by atoms with Crippen LogP contribution in [0.5, 0.6) is 5.75 Å². The number of hydrogen-bond acceptors (Lipinski definition) is 5. The highest BCUT2D eigenvalue weighted by Gasteiger charge is 2.14. The molecule has 2 aromatic carbocycles. The zero-order valence-electron chi connectivity index (χ0n) is 14.4. The number of rotatable bonds is 5. The molecule has 7 nitrogen and oxygen atoms in total. The zero-order chi connectivity index (χ0) is 18.8. The number of carbonyl (C=O) groups is 1. The van der Waals surface area contributed by atoms with Crippen molar-refractivity contribution in [3.63, 3.8) is 0 Å². The van der Waals surface area contributed by atoms with Crippen molar-refractivity contribution in [2.45, 2.75) is 26.8 Å². The summed E-state index contributed by atoms with van der Waals surface area (Å²) in [5.74, 6) is -0.368. The molecular formula is C19H18N2O5. The maximum atomic E-state index is 12.2. The third-order valence-corrected chi connectivity index (χ3v) is 4.44. The van der Waals surface area contributed by atoms with Crippen LogP contribution >= 0.6 is 0 Å². The van der Waals surface area contributed by atoms with Crippen molar-refractivity contribution in [1.82, 2.24) is 5.32 Å². The van der Waals surface area contributed by atoms with Gasteiger partial charge in [0.1, 0.15) is 11.3 Å². The SMILES string of the molecule is Cc1ccc2c(CC(=O)NCc3cc([N+](=O)[O-])ccc3O)coc2c1C. The zero-order valence-corrected chi connectivity index (χ0v) is 14.4. The van der Waals surface area contributed by atoms with Crippen LogP contribution in [0.4, 0.5) is 5.69 Å². The Bertz CT molecular complexity index is 1010. The van der Waals surface area contributed by atoms with E-state index in [1.807, 2.05) is 26.0 Å². The molecule has 0 aliphatic carbocycles. The van der Waals surface area contributed by atoms with Gasteiger partial charge in [-0.05, 0) is 31.0 Å². The van der Waals surface area contributed by atoms with E-state index >= 15 is 0 Å². The Morgan fingerprint density at radius 3 is 2.73 bits per heavy atom. The number of nitrogens with zero attached hydrogens (tertiary/aromatic N) is 1. The number of aryl methyl sites for hydroxylation is 2. The molecule has 0 atom stereocenters. The van der Waals surface area contributed by atoms with E-state index in [0.29, 0.717) is 0 Å². The summed E-state index contributed by atoms with van der Waals surface area (Å²) in [5, 5.41) is 24.2. The molecule has 134 valence electrons. The maximum Gasteiger partial charge on any atom is 0.270 e. The van der Waals surface area contributed by atoms with Gasteiger partial charge in [-0.25, -0.2) is 0 Å². The van der Waals surface area contributed by atoms with Gasteiger partial charge in [0.25, 0.3) is 5.69 Å². The Hall–Kier alpha value is -3.35. The van der Waals surface area contributed by atoms with Crippen LogP contribution < -0.4 is 5.32 Å². The third kappa shape index (κ3) is 3.37. The molecule has 0 aliphatic rings. The monoisotopic (exact) mass is 354 g/mol. The Morgan fingerprint density at radius 2 is 2.00 bits per heavy atom. The molecule has 7 heteroatoms. The minimum atomic E-state index is -0.549. The molecule has 1 amide bonds. The lowest BCUT2D eigenvalue weighted by Crippen LogP contribution is -2.24. The van der Waals surface area contributed by atoms with E-state index in [-0.39, 0.29) is 35.9 Å².